The molecule has 2 aliphatic rings. The lowest BCUT2D eigenvalue weighted by Gasteiger charge is -2.33. The van der Waals surface area contributed by atoms with Crippen molar-refractivity contribution in [2.75, 3.05) is 44.4 Å². The Balaban J connectivity index is 1.68. The molecule has 210 valence electrons. The fraction of sp³-hybridized carbons (Fsp3) is 0.773. The molecule has 0 amide bonds. The lowest BCUT2D eigenvalue weighted by Crippen LogP contribution is -2.46. The molecule has 3 unspecified atom stereocenters. The maximum absolute atomic E-state index is 13.8. The van der Waals surface area contributed by atoms with Crippen molar-refractivity contribution in [3.05, 3.63) is 22.7 Å². The highest BCUT2D eigenvalue weighted by molar-refractivity contribution is 8.13. The number of aliphatic hydroxyl groups is 3. The van der Waals surface area contributed by atoms with Crippen molar-refractivity contribution in [3.8, 4) is 0 Å². The maximum Gasteiger partial charge on any atom is 0.408 e. The SMILES string of the molecule is CC(C)(CO)C(=O)SCCOP(=O)(OC[C@H]1O[C@H](n2ccc(N)nc2=O)C(C)(O)C1O)N1CCCCC1. The molecule has 2 aliphatic heterocycles. The predicted molar refractivity (Wildman–Crippen MR) is 137 cm³/mol. The number of aromatic nitrogens is 2. The highest BCUT2D eigenvalue weighted by Crippen LogP contribution is 2.54. The summed E-state index contributed by atoms with van der Waals surface area (Å²) in [7, 11) is -3.84. The summed E-state index contributed by atoms with van der Waals surface area (Å²) in [6, 6.07) is 1.36. The van der Waals surface area contributed by atoms with E-state index in [1.807, 2.05) is 0 Å². The zero-order chi connectivity index (χ0) is 27.4. The molecule has 2 saturated heterocycles. The predicted octanol–water partition coefficient (Wildman–Crippen LogP) is 0.740. The molecule has 1 aromatic rings. The molecular formula is C22H37N4O9PS. The smallest absolute Gasteiger partial charge is 0.395 e. The summed E-state index contributed by atoms with van der Waals surface area (Å²) < 4.78 is 33.7. The van der Waals surface area contributed by atoms with E-state index in [4.69, 9.17) is 19.5 Å². The second-order valence-electron chi connectivity index (χ2n) is 10.0. The molecule has 15 heteroatoms. The van der Waals surface area contributed by atoms with Crippen molar-refractivity contribution in [3.63, 3.8) is 0 Å². The summed E-state index contributed by atoms with van der Waals surface area (Å²) in [5.41, 5.74) is 1.98. The van der Waals surface area contributed by atoms with E-state index in [0.717, 1.165) is 35.6 Å². The number of hydrogen-bond acceptors (Lipinski definition) is 12. The van der Waals surface area contributed by atoms with Gasteiger partial charge in [-0.2, -0.15) is 4.98 Å². The number of nitrogens with zero attached hydrogens (tertiary/aromatic N) is 3. The molecule has 1 aromatic heterocycles. The number of ether oxygens (including phenoxy) is 1. The van der Waals surface area contributed by atoms with E-state index in [1.165, 1.54) is 19.2 Å². The molecule has 3 heterocycles. The average Bonchev–Trinajstić information content (AvgIpc) is 3.09. The molecule has 0 saturated carbocycles. The number of piperidine rings is 1. The third-order valence-corrected chi connectivity index (χ3v) is 9.72. The fourth-order valence-corrected chi connectivity index (χ4v) is 6.78. The molecule has 0 aromatic carbocycles. The number of carbonyl (C=O) groups excluding carboxylic acids is 1. The fourth-order valence-electron chi connectivity index (χ4n) is 4.02. The number of rotatable bonds is 11. The summed E-state index contributed by atoms with van der Waals surface area (Å²) in [6.45, 7) is 4.83. The first kappa shape index (κ1) is 30.2. The lowest BCUT2D eigenvalue weighted by molar-refractivity contribution is -0.119. The van der Waals surface area contributed by atoms with Crippen molar-refractivity contribution < 1.29 is 38.5 Å². The highest BCUT2D eigenvalue weighted by Gasteiger charge is 2.54. The van der Waals surface area contributed by atoms with Gasteiger partial charge in [-0.15, -0.1) is 0 Å². The molecule has 0 spiro atoms. The van der Waals surface area contributed by atoms with E-state index in [2.05, 4.69) is 4.98 Å². The number of thioether (sulfide) groups is 1. The van der Waals surface area contributed by atoms with Gasteiger partial charge in [-0.25, -0.2) is 14.0 Å². The largest absolute Gasteiger partial charge is 0.408 e. The minimum atomic E-state index is -3.84. The Bertz CT molecular complexity index is 1050. The summed E-state index contributed by atoms with van der Waals surface area (Å²) in [4.78, 5) is 28.2. The van der Waals surface area contributed by atoms with E-state index < -0.39 is 42.9 Å². The van der Waals surface area contributed by atoms with Gasteiger partial charge in [-0.1, -0.05) is 18.2 Å². The van der Waals surface area contributed by atoms with Crippen LogP contribution in [-0.4, -0.2) is 91.1 Å². The normalized spacial score (nSPS) is 28.8. The lowest BCUT2D eigenvalue weighted by atomic mass is 9.96. The molecule has 13 nitrogen and oxygen atoms in total. The topological polar surface area (TPSA) is 187 Å². The van der Waals surface area contributed by atoms with Crippen LogP contribution in [0.5, 0.6) is 0 Å². The van der Waals surface area contributed by atoms with Gasteiger partial charge >= 0.3 is 13.4 Å². The Morgan fingerprint density at radius 3 is 2.65 bits per heavy atom. The maximum atomic E-state index is 13.8. The van der Waals surface area contributed by atoms with Crippen LogP contribution in [0, 0.1) is 5.41 Å². The first-order chi connectivity index (χ1) is 17.3. The number of anilines is 1. The second-order valence-corrected chi connectivity index (χ2v) is 13.1. The van der Waals surface area contributed by atoms with Crippen molar-refractivity contribution in [2.45, 2.75) is 64.1 Å². The van der Waals surface area contributed by atoms with Crippen LogP contribution < -0.4 is 11.4 Å². The Hall–Kier alpha value is -1.35. The monoisotopic (exact) mass is 564 g/mol. The highest BCUT2D eigenvalue weighted by atomic mass is 32.2. The van der Waals surface area contributed by atoms with Crippen LogP contribution in [-0.2, 0) is 23.1 Å². The average molecular weight is 565 g/mol. The molecular weight excluding hydrogens is 527 g/mol. The first-order valence-corrected chi connectivity index (χ1v) is 14.6. The number of hydrogen-bond donors (Lipinski definition) is 4. The Labute approximate surface area is 219 Å². The Morgan fingerprint density at radius 2 is 2.03 bits per heavy atom. The van der Waals surface area contributed by atoms with Gasteiger partial charge in [-0.05, 0) is 39.7 Å². The quantitative estimate of drug-likeness (QED) is 0.218. The zero-order valence-electron chi connectivity index (χ0n) is 21.3. The van der Waals surface area contributed by atoms with Crippen LogP contribution in [0.15, 0.2) is 17.1 Å². The molecule has 5 atom stereocenters. The number of nitrogens with two attached hydrogens (primary N) is 1. The Kier molecular flexibility index (Phi) is 9.98. The van der Waals surface area contributed by atoms with Crippen LogP contribution >= 0.6 is 19.5 Å². The van der Waals surface area contributed by atoms with Crippen LogP contribution in [0.2, 0.25) is 0 Å². The molecule has 2 fully saturated rings. The molecule has 3 rings (SSSR count). The van der Waals surface area contributed by atoms with Gasteiger partial charge in [0.1, 0.15) is 23.6 Å². The van der Waals surface area contributed by atoms with Crippen LogP contribution in [0.4, 0.5) is 5.82 Å². The van der Waals surface area contributed by atoms with E-state index in [-0.39, 0.29) is 36.5 Å². The minimum Gasteiger partial charge on any atom is -0.395 e. The van der Waals surface area contributed by atoms with Gasteiger partial charge in [0.15, 0.2) is 11.3 Å². The van der Waals surface area contributed by atoms with Crippen LogP contribution in [0.25, 0.3) is 0 Å². The summed E-state index contributed by atoms with van der Waals surface area (Å²) in [5, 5.41) is 30.8. The van der Waals surface area contributed by atoms with Crippen LogP contribution in [0.1, 0.15) is 46.3 Å². The number of aliphatic hydroxyl groups excluding tert-OH is 2. The Morgan fingerprint density at radius 1 is 1.35 bits per heavy atom. The van der Waals surface area contributed by atoms with Crippen LogP contribution in [0.3, 0.4) is 0 Å². The van der Waals surface area contributed by atoms with E-state index in [0.29, 0.717) is 13.1 Å². The van der Waals surface area contributed by atoms with Gasteiger partial charge in [0, 0.05) is 25.0 Å². The first-order valence-electron chi connectivity index (χ1n) is 12.1. The van der Waals surface area contributed by atoms with Crippen molar-refractivity contribution in [2.24, 2.45) is 5.41 Å². The van der Waals surface area contributed by atoms with Crippen molar-refractivity contribution >= 4 is 30.4 Å². The number of nitrogen functional groups attached to an aromatic ring is 1. The van der Waals surface area contributed by atoms with Gasteiger partial charge < -0.3 is 25.8 Å². The minimum absolute atomic E-state index is 0.00118. The van der Waals surface area contributed by atoms with E-state index >= 15 is 0 Å². The molecule has 5 N–H and O–H groups in total. The second kappa shape index (κ2) is 12.2. The van der Waals surface area contributed by atoms with Gasteiger partial charge in [0.05, 0.1) is 25.2 Å². The van der Waals surface area contributed by atoms with E-state index in [9.17, 15) is 29.5 Å². The summed E-state index contributed by atoms with van der Waals surface area (Å²) in [5.74, 6) is 0.203. The molecule has 0 aliphatic carbocycles. The van der Waals surface area contributed by atoms with Gasteiger partial charge in [0.2, 0.25) is 0 Å². The third-order valence-electron chi connectivity index (χ3n) is 6.46. The summed E-state index contributed by atoms with van der Waals surface area (Å²) >= 11 is 0.975. The van der Waals surface area contributed by atoms with Gasteiger partial charge in [0.25, 0.3) is 0 Å². The molecule has 37 heavy (non-hydrogen) atoms. The number of carbonyl (C=O) groups is 1. The van der Waals surface area contributed by atoms with E-state index in [1.54, 1.807) is 18.5 Å². The van der Waals surface area contributed by atoms with Gasteiger partial charge in [-0.3, -0.25) is 18.4 Å². The standard InChI is InChI=1S/C22H37N4O9PS/c1-21(2,14-27)19(29)37-12-11-33-36(32,25-8-5-4-6-9-25)34-13-15-17(28)22(3,31)18(35-15)26-10-7-16(23)24-20(26)30/h7,10,15,17-18,27-28,31H,4-6,8-9,11-14H2,1-3H3,(H2,23,24,30)/t15-,17?,18+,22?,36?/m1/s1. The third kappa shape index (κ3) is 7.00. The van der Waals surface area contributed by atoms with Crippen molar-refractivity contribution in [1.29, 1.82) is 0 Å². The van der Waals surface area contributed by atoms with Crippen molar-refractivity contribution in [1.82, 2.24) is 14.2 Å². The molecule has 0 radical (unpaired) electrons. The molecule has 0 bridgehead atoms. The summed E-state index contributed by atoms with van der Waals surface area (Å²) in [6.07, 6.45) is -0.000687. The zero-order valence-corrected chi connectivity index (χ0v) is 23.0.